The molecule has 3 rings (SSSR count). The van der Waals surface area contributed by atoms with Crippen LogP contribution in [0.15, 0.2) is 47.1 Å². The number of nitrogens with two attached hydrogens (primary N) is 1. The Labute approximate surface area is 141 Å². The van der Waals surface area contributed by atoms with Crippen LogP contribution in [0.25, 0.3) is 0 Å². The molecule has 0 aromatic heterocycles. The molecule has 0 saturated heterocycles. The number of nitriles is 1. The molecule has 5 nitrogen and oxygen atoms in total. The molecule has 1 unspecified atom stereocenters. The van der Waals surface area contributed by atoms with E-state index >= 15 is 0 Å². The summed E-state index contributed by atoms with van der Waals surface area (Å²) in [5.41, 5.74) is 8.59. The number of rotatable bonds is 4. The third kappa shape index (κ3) is 2.88. The molecule has 124 valence electrons. The molecular formula is C19H20N2O3. The minimum atomic E-state index is -0.554. The van der Waals surface area contributed by atoms with Crippen LogP contribution in [-0.2, 0) is 14.3 Å². The van der Waals surface area contributed by atoms with E-state index in [1.165, 1.54) is 18.4 Å². The molecule has 1 aromatic rings. The zero-order valence-electron chi connectivity index (χ0n) is 13.8. The second kappa shape index (κ2) is 6.40. The fourth-order valence-electron chi connectivity index (χ4n) is 3.10. The maximum atomic E-state index is 12.5. The highest BCUT2D eigenvalue weighted by Crippen LogP contribution is 2.44. The molecule has 0 amide bonds. The predicted molar refractivity (Wildman–Crippen MR) is 88.4 cm³/mol. The van der Waals surface area contributed by atoms with E-state index in [0.29, 0.717) is 17.3 Å². The molecule has 1 atom stereocenters. The first kappa shape index (κ1) is 16.1. The van der Waals surface area contributed by atoms with E-state index in [0.717, 1.165) is 5.56 Å². The van der Waals surface area contributed by atoms with Crippen molar-refractivity contribution in [1.29, 1.82) is 5.26 Å². The molecule has 0 radical (unpaired) electrons. The van der Waals surface area contributed by atoms with Crippen molar-refractivity contribution in [3.05, 3.63) is 58.2 Å². The van der Waals surface area contributed by atoms with Crippen LogP contribution < -0.4 is 5.73 Å². The summed E-state index contributed by atoms with van der Waals surface area (Å²) in [5, 5.41) is 9.56. The lowest BCUT2D eigenvalue weighted by molar-refractivity contribution is -0.139. The number of allylic oxidation sites excluding steroid dienone is 2. The van der Waals surface area contributed by atoms with Crippen LogP contribution in [0, 0.1) is 11.3 Å². The van der Waals surface area contributed by atoms with Gasteiger partial charge in [0.15, 0.2) is 0 Å². The topological polar surface area (TPSA) is 85.3 Å². The number of hydrogen-bond donors (Lipinski definition) is 1. The van der Waals surface area contributed by atoms with Crippen molar-refractivity contribution in [2.75, 3.05) is 6.61 Å². The summed E-state index contributed by atoms with van der Waals surface area (Å²) in [6.45, 7) is 3.67. The number of benzene rings is 1. The molecule has 0 spiro atoms. The van der Waals surface area contributed by atoms with Crippen LogP contribution in [0.5, 0.6) is 0 Å². The number of carbonyl (C=O) groups excluding carboxylic acids is 1. The van der Waals surface area contributed by atoms with Gasteiger partial charge in [-0.1, -0.05) is 24.3 Å². The largest absolute Gasteiger partial charge is 0.463 e. The molecule has 2 aliphatic rings. The first-order chi connectivity index (χ1) is 11.6. The molecule has 1 fully saturated rings. The number of carbonyl (C=O) groups is 1. The number of ether oxygens (including phenoxy) is 2. The Morgan fingerprint density at radius 3 is 2.75 bits per heavy atom. The summed E-state index contributed by atoms with van der Waals surface area (Å²) in [5.74, 6) is -0.0250. The van der Waals surface area contributed by atoms with Gasteiger partial charge in [-0.25, -0.2) is 4.79 Å². The number of esters is 1. The molecule has 1 heterocycles. The Hall–Kier alpha value is -2.74. The van der Waals surface area contributed by atoms with Crippen LogP contribution in [0.4, 0.5) is 0 Å². The summed E-state index contributed by atoms with van der Waals surface area (Å²) in [6, 6.07) is 10.1. The Kier molecular flexibility index (Phi) is 4.30. The first-order valence-corrected chi connectivity index (χ1v) is 8.12. The summed E-state index contributed by atoms with van der Waals surface area (Å²) in [4.78, 5) is 12.5. The molecular weight excluding hydrogens is 304 g/mol. The maximum Gasteiger partial charge on any atom is 0.338 e. The highest BCUT2D eigenvalue weighted by molar-refractivity contribution is 5.92. The third-order valence-electron chi connectivity index (χ3n) is 4.39. The van der Waals surface area contributed by atoms with E-state index in [4.69, 9.17) is 15.2 Å². The van der Waals surface area contributed by atoms with Gasteiger partial charge in [-0.3, -0.25) is 0 Å². The second-order valence-corrected chi connectivity index (χ2v) is 6.06. The van der Waals surface area contributed by atoms with Gasteiger partial charge in [0.1, 0.15) is 17.4 Å². The van der Waals surface area contributed by atoms with Crippen molar-refractivity contribution in [3.8, 4) is 6.07 Å². The zero-order chi connectivity index (χ0) is 17.3. The van der Waals surface area contributed by atoms with Gasteiger partial charge in [-0.15, -0.1) is 0 Å². The highest BCUT2D eigenvalue weighted by atomic mass is 16.5. The maximum absolute atomic E-state index is 12.5. The van der Waals surface area contributed by atoms with Gasteiger partial charge in [0.05, 0.1) is 18.1 Å². The Balaban J connectivity index is 2.10. The minimum absolute atomic E-state index is 0.0462. The lowest BCUT2D eigenvalue weighted by atomic mass is 9.82. The van der Waals surface area contributed by atoms with E-state index in [-0.39, 0.29) is 18.1 Å². The van der Waals surface area contributed by atoms with Gasteiger partial charge in [0.2, 0.25) is 5.88 Å². The Bertz CT molecular complexity index is 782. The molecule has 1 saturated carbocycles. The van der Waals surface area contributed by atoms with E-state index in [1.54, 1.807) is 13.8 Å². The quantitative estimate of drug-likeness (QED) is 0.860. The Morgan fingerprint density at radius 2 is 2.12 bits per heavy atom. The fraction of sp³-hybridized carbons (Fsp3) is 0.368. The minimum Gasteiger partial charge on any atom is -0.463 e. The van der Waals surface area contributed by atoms with Crippen molar-refractivity contribution >= 4 is 5.97 Å². The summed E-state index contributed by atoms with van der Waals surface area (Å²) in [6.07, 6.45) is 2.36. The standard InChI is InChI=1S/C19H20N2O3/c1-3-23-19(22)16-11(2)24-18(21)15(10-20)17(16)14-6-4-5-13(9-14)12-7-8-12/h4-6,9,12,17H,3,7-8,21H2,1-2H3. The molecule has 0 bridgehead atoms. The Morgan fingerprint density at radius 1 is 1.42 bits per heavy atom. The lowest BCUT2D eigenvalue weighted by Crippen LogP contribution is -2.25. The average Bonchev–Trinajstić information content (AvgIpc) is 3.39. The van der Waals surface area contributed by atoms with Crippen LogP contribution in [0.2, 0.25) is 0 Å². The summed E-state index contributed by atoms with van der Waals surface area (Å²) >= 11 is 0. The van der Waals surface area contributed by atoms with Gasteiger partial charge < -0.3 is 15.2 Å². The number of hydrogen-bond acceptors (Lipinski definition) is 5. The van der Waals surface area contributed by atoms with Gasteiger partial charge in [-0.2, -0.15) is 5.26 Å². The number of nitrogens with zero attached hydrogens (tertiary/aromatic N) is 1. The van der Waals surface area contributed by atoms with Gasteiger partial charge >= 0.3 is 5.97 Å². The second-order valence-electron chi connectivity index (χ2n) is 6.06. The van der Waals surface area contributed by atoms with Crippen LogP contribution >= 0.6 is 0 Å². The first-order valence-electron chi connectivity index (χ1n) is 8.12. The predicted octanol–water partition coefficient (Wildman–Crippen LogP) is 3.21. The molecule has 1 aliphatic heterocycles. The van der Waals surface area contributed by atoms with Crippen LogP contribution in [-0.4, -0.2) is 12.6 Å². The van der Waals surface area contributed by atoms with Gasteiger partial charge in [0, 0.05) is 0 Å². The molecule has 1 aliphatic carbocycles. The fourth-order valence-corrected chi connectivity index (χ4v) is 3.10. The smallest absolute Gasteiger partial charge is 0.338 e. The average molecular weight is 324 g/mol. The van der Waals surface area contributed by atoms with Crippen molar-refractivity contribution in [2.24, 2.45) is 5.73 Å². The zero-order valence-corrected chi connectivity index (χ0v) is 13.8. The van der Waals surface area contributed by atoms with Crippen LogP contribution in [0.3, 0.4) is 0 Å². The van der Waals surface area contributed by atoms with E-state index in [2.05, 4.69) is 18.2 Å². The van der Waals surface area contributed by atoms with E-state index < -0.39 is 11.9 Å². The van der Waals surface area contributed by atoms with Crippen molar-refractivity contribution in [2.45, 2.75) is 38.5 Å². The van der Waals surface area contributed by atoms with Gasteiger partial charge in [-0.05, 0) is 43.7 Å². The normalized spacial score (nSPS) is 20.5. The molecule has 5 heteroatoms. The van der Waals surface area contributed by atoms with Crippen LogP contribution in [0.1, 0.15) is 49.7 Å². The van der Waals surface area contributed by atoms with Crippen molar-refractivity contribution < 1.29 is 14.3 Å². The molecule has 1 aromatic carbocycles. The van der Waals surface area contributed by atoms with Crippen molar-refractivity contribution in [3.63, 3.8) is 0 Å². The lowest BCUT2D eigenvalue weighted by Gasteiger charge is -2.27. The van der Waals surface area contributed by atoms with E-state index in [1.807, 2.05) is 12.1 Å². The third-order valence-corrected chi connectivity index (χ3v) is 4.39. The monoisotopic (exact) mass is 324 g/mol. The van der Waals surface area contributed by atoms with Gasteiger partial charge in [0.25, 0.3) is 0 Å². The SMILES string of the molecule is CCOC(=O)C1=C(C)OC(N)=C(C#N)C1c1cccc(C2CC2)c1. The molecule has 24 heavy (non-hydrogen) atoms. The van der Waals surface area contributed by atoms with E-state index in [9.17, 15) is 10.1 Å². The summed E-state index contributed by atoms with van der Waals surface area (Å²) < 4.78 is 10.6. The van der Waals surface area contributed by atoms with Crippen molar-refractivity contribution in [1.82, 2.24) is 0 Å². The molecule has 2 N–H and O–H groups in total. The summed E-state index contributed by atoms with van der Waals surface area (Å²) in [7, 11) is 0. The highest BCUT2D eigenvalue weighted by Gasteiger charge is 2.36.